The van der Waals surface area contributed by atoms with Gasteiger partial charge in [-0.2, -0.15) is 0 Å². The molecule has 0 unspecified atom stereocenters. The van der Waals surface area contributed by atoms with Gasteiger partial charge in [-0.25, -0.2) is 0 Å². The lowest BCUT2D eigenvalue weighted by Gasteiger charge is -2.26. The fraction of sp³-hybridized carbons (Fsp3) is 0.389. The van der Waals surface area contributed by atoms with Crippen LogP contribution in [0, 0.1) is 0 Å². The van der Waals surface area contributed by atoms with Gasteiger partial charge >= 0.3 is 0 Å². The van der Waals surface area contributed by atoms with Crippen LogP contribution >= 0.6 is 0 Å². The molecule has 0 spiro atoms. The molecule has 0 aliphatic carbocycles. The van der Waals surface area contributed by atoms with Gasteiger partial charge in [0, 0.05) is 19.2 Å². The molecule has 3 rings (SSSR count). The van der Waals surface area contributed by atoms with E-state index >= 15 is 0 Å². The van der Waals surface area contributed by atoms with Gasteiger partial charge in [0.25, 0.3) is 5.91 Å². The zero-order valence-electron chi connectivity index (χ0n) is 14.5. The molecule has 2 aromatic rings. The van der Waals surface area contributed by atoms with E-state index < -0.39 is 0 Å². The third kappa shape index (κ3) is 3.99. The van der Waals surface area contributed by atoms with Crippen molar-refractivity contribution in [3.63, 3.8) is 0 Å². The van der Waals surface area contributed by atoms with Gasteiger partial charge in [0.2, 0.25) is 0 Å². The second-order valence-electron chi connectivity index (χ2n) is 5.85. The highest BCUT2D eigenvalue weighted by Gasteiger charge is 2.19. The summed E-state index contributed by atoms with van der Waals surface area (Å²) in [6.07, 6.45) is 3.28. The molecule has 2 heterocycles. The van der Waals surface area contributed by atoms with Crippen molar-refractivity contribution in [2.45, 2.75) is 19.3 Å². The summed E-state index contributed by atoms with van der Waals surface area (Å²) in [6, 6.07) is 8.87. The molecule has 0 bridgehead atoms. The highest BCUT2D eigenvalue weighted by molar-refractivity contribution is 5.92. The molecular weight excluding hydrogens is 320 g/mol. The lowest BCUT2D eigenvalue weighted by atomic mass is 10.1. The van der Waals surface area contributed by atoms with Crippen LogP contribution in [0.4, 0.5) is 11.5 Å². The summed E-state index contributed by atoms with van der Waals surface area (Å²) in [4.78, 5) is 14.3. The van der Waals surface area contributed by atoms with E-state index in [0.717, 1.165) is 25.9 Å². The average molecular weight is 342 g/mol. The van der Waals surface area contributed by atoms with Crippen molar-refractivity contribution in [1.82, 2.24) is 15.1 Å². The molecule has 1 saturated heterocycles. The number of hydrogen-bond acceptors (Lipinski definition) is 6. The van der Waals surface area contributed by atoms with E-state index in [-0.39, 0.29) is 5.91 Å². The number of methoxy groups -OCH3 is 2. The van der Waals surface area contributed by atoms with Crippen molar-refractivity contribution < 1.29 is 14.3 Å². The Morgan fingerprint density at radius 1 is 1.04 bits per heavy atom. The molecule has 7 nitrogen and oxygen atoms in total. The SMILES string of the molecule is COc1ccc(OC)c(Nc2ccc(C(=O)N3CCCCC3)nn2)c1. The van der Waals surface area contributed by atoms with Gasteiger partial charge in [-0.1, -0.05) is 0 Å². The number of nitrogens with zero attached hydrogens (tertiary/aromatic N) is 3. The number of amides is 1. The molecule has 1 aliphatic rings. The van der Waals surface area contributed by atoms with E-state index in [1.165, 1.54) is 6.42 Å². The molecule has 1 aliphatic heterocycles. The van der Waals surface area contributed by atoms with Crippen molar-refractivity contribution >= 4 is 17.4 Å². The Morgan fingerprint density at radius 3 is 2.48 bits per heavy atom. The van der Waals surface area contributed by atoms with E-state index in [1.807, 2.05) is 23.1 Å². The summed E-state index contributed by atoms with van der Waals surface area (Å²) in [7, 11) is 3.20. The molecule has 25 heavy (non-hydrogen) atoms. The first-order chi connectivity index (χ1) is 12.2. The van der Waals surface area contributed by atoms with Crippen LogP contribution in [0.1, 0.15) is 29.8 Å². The van der Waals surface area contributed by atoms with Gasteiger partial charge in [0.05, 0.1) is 19.9 Å². The first-order valence-corrected chi connectivity index (χ1v) is 8.33. The van der Waals surface area contributed by atoms with Crippen LogP contribution in [-0.2, 0) is 0 Å². The number of benzene rings is 1. The standard InChI is InChI=1S/C18H22N4O3/c1-24-13-6-8-16(25-2)15(12-13)19-17-9-7-14(20-21-17)18(23)22-10-4-3-5-11-22/h6-9,12H,3-5,10-11H2,1-2H3,(H,19,21). The number of anilines is 2. The maximum absolute atomic E-state index is 12.4. The number of rotatable bonds is 5. The normalized spacial score (nSPS) is 14.1. The van der Waals surface area contributed by atoms with E-state index in [4.69, 9.17) is 9.47 Å². The van der Waals surface area contributed by atoms with E-state index in [1.54, 1.807) is 26.4 Å². The molecule has 0 saturated carbocycles. The topological polar surface area (TPSA) is 76.6 Å². The third-order valence-corrected chi connectivity index (χ3v) is 4.20. The summed E-state index contributed by atoms with van der Waals surface area (Å²) < 4.78 is 10.6. The molecule has 1 amide bonds. The number of carbonyl (C=O) groups excluding carboxylic acids is 1. The Balaban J connectivity index is 1.73. The van der Waals surface area contributed by atoms with Gasteiger partial charge < -0.3 is 19.7 Å². The average Bonchev–Trinajstić information content (AvgIpc) is 2.68. The maximum Gasteiger partial charge on any atom is 0.274 e. The van der Waals surface area contributed by atoms with E-state index in [9.17, 15) is 4.79 Å². The van der Waals surface area contributed by atoms with Crippen LogP contribution in [0.25, 0.3) is 0 Å². The van der Waals surface area contributed by atoms with E-state index in [2.05, 4.69) is 15.5 Å². The Kier molecular flexibility index (Phi) is 5.33. The van der Waals surface area contributed by atoms with Crippen LogP contribution < -0.4 is 14.8 Å². The number of piperidine rings is 1. The molecule has 1 N–H and O–H groups in total. The Labute approximate surface area is 147 Å². The molecule has 1 aromatic carbocycles. The van der Waals surface area contributed by atoms with Gasteiger partial charge in [0.15, 0.2) is 11.5 Å². The summed E-state index contributed by atoms with van der Waals surface area (Å²) >= 11 is 0. The fourth-order valence-corrected chi connectivity index (χ4v) is 2.82. The number of likely N-dealkylation sites (tertiary alicyclic amines) is 1. The summed E-state index contributed by atoms with van der Waals surface area (Å²) in [5, 5.41) is 11.3. The van der Waals surface area contributed by atoms with Crippen LogP contribution in [0.2, 0.25) is 0 Å². The highest BCUT2D eigenvalue weighted by atomic mass is 16.5. The predicted molar refractivity (Wildman–Crippen MR) is 94.6 cm³/mol. The first kappa shape index (κ1) is 17.0. The van der Waals surface area contributed by atoms with Crippen molar-refractivity contribution in [2.24, 2.45) is 0 Å². The zero-order valence-corrected chi connectivity index (χ0v) is 14.5. The predicted octanol–water partition coefficient (Wildman–Crippen LogP) is 2.86. The van der Waals surface area contributed by atoms with Crippen molar-refractivity contribution in [2.75, 3.05) is 32.6 Å². The van der Waals surface area contributed by atoms with Crippen LogP contribution in [0.15, 0.2) is 30.3 Å². The van der Waals surface area contributed by atoms with E-state index in [0.29, 0.717) is 28.7 Å². The summed E-state index contributed by atoms with van der Waals surface area (Å²) in [6.45, 7) is 1.59. The smallest absolute Gasteiger partial charge is 0.274 e. The lowest BCUT2D eigenvalue weighted by molar-refractivity contribution is 0.0717. The van der Waals surface area contributed by atoms with Crippen LogP contribution in [0.3, 0.4) is 0 Å². The van der Waals surface area contributed by atoms with Gasteiger partial charge in [0.1, 0.15) is 11.5 Å². The highest BCUT2D eigenvalue weighted by Crippen LogP contribution is 2.30. The van der Waals surface area contributed by atoms with Crippen LogP contribution in [0.5, 0.6) is 11.5 Å². The Morgan fingerprint density at radius 2 is 1.84 bits per heavy atom. The number of carbonyl (C=O) groups is 1. The second kappa shape index (κ2) is 7.83. The second-order valence-corrected chi connectivity index (χ2v) is 5.85. The molecule has 0 atom stereocenters. The minimum Gasteiger partial charge on any atom is -0.497 e. The Hall–Kier alpha value is -2.83. The summed E-state index contributed by atoms with van der Waals surface area (Å²) in [5.74, 6) is 1.84. The minimum atomic E-state index is -0.0577. The first-order valence-electron chi connectivity index (χ1n) is 8.33. The fourth-order valence-electron chi connectivity index (χ4n) is 2.82. The largest absolute Gasteiger partial charge is 0.497 e. The maximum atomic E-state index is 12.4. The van der Waals surface area contributed by atoms with Gasteiger partial charge in [-0.15, -0.1) is 10.2 Å². The number of aromatic nitrogens is 2. The number of hydrogen-bond donors (Lipinski definition) is 1. The zero-order chi connectivity index (χ0) is 17.6. The molecule has 132 valence electrons. The van der Waals surface area contributed by atoms with Crippen molar-refractivity contribution in [3.8, 4) is 11.5 Å². The monoisotopic (exact) mass is 342 g/mol. The van der Waals surface area contributed by atoms with Crippen LogP contribution in [-0.4, -0.2) is 48.3 Å². The molecular formula is C18H22N4O3. The van der Waals surface area contributed by atoms with Gasteiger partial charge in [-0.05, 0) is 43.5 Å². The molecule has 7 heteroatoms. The Bertz CT molecular complexity index is 728. The van der Waals surface area contributed by atoms with Gasteiger partial charge in [-0.3, -0.25) is 4.79 Å². The lowest BCUT2D eigenvalue weighted by Crippen LogP contribution is -2.36. The quantitative estimate of drug-likeness (QED) is 0.900. The molecule has 0 radical (unpaired) electrons. The third-order valence-electron chi connectivity index (χ3n) is 4.20. The molecule has 1 aromatic heterocycles. The van der Waals surface area contributed by atoms with Crippen molar-refractivity contribution in [1.29, 1.82) is 0 Å². The molecule has 1 fully saturated rings. The number of ether oxygens (including phenoxy) is 2. The summed E-state index contributed by atoms with van der Waals surface area (Å²) in [5.41, 5.74) is 1.08. The minimum absolute atomic E-state index is 0.0577. The number of nitrogens with one attached hydrogen (secondary N) is 1. The van der Waals surface area contributed by atoms with Crippen molar-refractivity contribution in [3.05, 3.63) is 36.0 Å².